The van der Waals surface area contributed by atoms with Gasteiger partial charge < -0.3 is 10.1 Å². The van der Waals surface area contributed by atoms with Gasteiger partial charge in [0, 0.05) is 13.2 Å². The van der Waals surface area contributed by atoms with Crippen molar-refractivity contribution in [2.24, 2.45) is 18.4 Å². The molecule has 1 rings (SSSR count). The average molecular weight is 281 g/mol. The molecule has 0 bridgehead atoms. The summed E-state index contributed by atoms with van der Waals surface area (Å²) in [5.41, 5.74) is 0.373. The zero-order chi connectivity index (χ0) is 15.3. The van der Waals surface area contributed by atoms with Crippen LogP contribution < -0.4 is 5.32 Å². The van der Waals surface area contributed by atoms with Gasteiger partial charge in [-0.15, -0.1) is 0 Å². The first-order valence-corrected chi connectivity index (χ1v) is 6.68. The molecule has 0 aliphatic heterocycles. The lowest BCUT2D eigenvalue weighted by Crippen LogP contribution is -2.43. The van der Waals surface area contributed by atoms with E-state index in [9.17, 15) is 9.59 Å². The van der Waals surface area contributed by atoms with Crippen LogP contribution in [0.15, 0.2) is 12.3 Å². The van der Waals surface area contributed by atoms with Crippen LogP contribution in [-0.2, 0) is 27.9 Å². The highest BCUT2D eigenvalue weighted by Crippen LogP contribution is 2.27. The highest BCUT2D eigenvalue weighted by Gasteiger charge is 2.38. The van der Waals surface area contributed by atoms with Crippen LogP contribution in [0.3, 0.4) is 0 Å². The molecule has 1 amide bonds. The summed E-state index contributed by atoms with van der Waals surface area (Å²) in [6.07, 6.45) is 1.66. The lowest BCUT2D eigenvalue weighted by atomic mass is 9.80. The Bertz CT molecular complexity index is 474. The topological polar surface area (TPSA) is 73.2 Å². The van der Waals surface area contributed by atoms with E-state index in [1.54, 1.807) is 24.9 Å². The van der Waals surface area contributed by atoms with E-state index in [0.29, 0.717) is 6.54 Å². The van der Waals surface area contributed by atoms with Gasteiger partial charge in [0.1, 0.15) is 5.92 Å². The van der Waals surface area contributed by atoms with E-state index in [1.165, 1.54) is 0 Å². The van der Waals surface area contributed by atoms with Crippen LogP contribution >= 0.6 is 0 Å². The van der Waals surface area contributed by atoms with E-state index in [4.69, 9.17) is 4.74 Å². The highest BCUT2D eigenvalue weighted by molar-refractivity contribution is 5.98. The fraction of sp³-hybridized carbons (Fsp3) is 0.643. The molecule has 0 spiro atoms. The van der Waals surface area contributed by atoms with Crippen molar-refractivity contribution in [3.63, 3.8) is 0 Å². The molecule has 0 radical (unpaired) electrons. The minimum atomic E-state index is -0.823. The fourth-order valence-electron chi connectivity index (χ4n) is 1.93. The summed E-state index contributed by atoms with van der Waals surface area (Å²) in [6, 6.07) is 1.82. The summed E-state index contributed by atoms with van der Waals surface area (Å²) >= 11 is 0. The number of aromatic nitrogens is 2. The highest BCUT2D eigenvalue weighted by atomic mass is 16.5. The number of carbonyl (C=O) groups is 2. The maximum atomic E-state index is 12.3. The third-order valence-corrected chi connectivity index (χ3v) is 3.02. The minimum absolute atomic E-state index is 0.264. The monoisotopic (exact) mass is 281 g/mol. The summed E-state index contributed by atoms with van der Waals surface area (Å²) in [5.74, 6) is -1.63. The van der Waals surface area contributed by atoms with Crippen LogP contribution in [0.2, 0.25) is 0 Å². The Labute approximate surface area is 119 Å². The molecule has 0 saturated heterocycles. The van der Waals surface area contributed by atoms with Gasteiger partial charge in [-0.25, -0.2) is 0 Å². The largest absolute Gasteiger partial charge is 0.465 e. The lowest BCUT2D eigenvalue weighted by molar-refractivity contribution is -0.156. The Balaban J connectivity index is 2.74. The molecule has 0 saturated carbocycles. The van der Waals surface area contributed by atoms with E-state index in [0.717, 1.165) is 5.69 Å². The van der Waals surface area contributed by atoms with Crippen molar-refractivity contribution in [2.75, 3.05) is 6.61 Å². The Hall–Kier alpha value is -1.85. The SMILES string of the molecule is CCOC(=O)C(C(=O)NCc1ccnn1C)C(C)(C)C. The Kier molecular flexibility index (Phi) is 5.30. The van der Waals surface area contributed by atoms with Crippen molar-refractivity contribution >= 4 is 11.9 Å². The number of nitrogens with one attached hydrogen (secondary N) is 1. The Morgan fingerprint density at radius 2 is 2.10 bits per heavy atom. The van der Waals surface area contributed by atoms with Crippen LogP contribution in [0, 0.1) is 11.3 Å². The molecule has 0 aliphatic rings. The summed E-state index contributed by atoms with van der Waals surface area (Å²) in [7, 11) is 1.80. The van der Waals surface area contributed by atoms with Gasteiger partial charge >= 0.3 is 5.97 Å². The van der Waals surface area contributed by atoms with Crippen molar-refractivity contribution < 1.29 is 14.3 Å². The average Bonchev–Trinajstić information content (AvgIpc) is 2.71. The predicted molar refractivity (Wildman–Crippen MR) is 74.6 cm³/mol. The van der Waals surface area contributed by atoms with Crippen LogP contribution in [0.5, 0.6) is 0 Å². The smallest absolute Gasteiger partial charge is 0.319 e. The van der Waals surface area contributed by atoms with Gasteiger partial charge in [-0.05, 0) is 18.4 Å². The first-order valence-electron chi connectivity index (χ1n) is 6.68. The van der Waals surface area contributed by atoms with Crippen LogP contribution in [0.4, 0.5) is 0 Å². The van der Waals surface area contributed by atoms with Gasteiger partial charge in [0.2, 0.25) is 5.91 Å². The number of esters is 1. The molecule has 1 N–H and O–H groups in total. The number of ether oxygens (including phenoxy) is 1. The van der Waals surface area contributed by atoms with E-state index < -0.39 is 17.3 Å². The normalized spacial score (nSPS) is 12.8. The van der Waals surface area contributed by atoms with Crippen molar-refractivity contribution in [1.82, 2.24) is 15.1 Å². The number of rotatable bonds is 5. The summed E-state index contributed by atoms with van der Waals surface area (Å²) < 4.78 is 6.67. The summed E-state index contributed by atoms with van der Waals surface area (Å²) in [4.78, 5) is 24.2. The number of hydrogen-bond acceptors (Lipinski definition) is 4. The van der Waals surface area contributed by atoms with Gasteiger partial charge in [-0.3, -0.25) is 14.3 Å². The maximum absolute atomic E-state index is 12.3. The van der Waals surface area contributed by atoms with Gasteiger partial charge in [0.25, 0.3) is 0 Å². The van der Waals surface area contributed by atoms with Crippen molar-refractivity contribution in [3.05, 3.63) is 18.0 Å². The molecular formula is C14H23N3O3. The number of hydrogen-bond donors (Lipinski definition) is 1. The molecular weight excluding hydrogens is 258 g/mol. The molecule has 0 aliphatic carbocycles. The molecule has 0 aromatic carbocycles. The zero-order valence-electron chi connectivity index (χ0n) is 12.8. The fourth-order valence-corrected chi connectivity index (χ4v) is 1.93. The van der Waals surface area contributed by atoms with Gasteiger partial charge in [0.05, 0.1) is 18.8 Å². The third kappa shape index (κ3) is 4.08. The first-order chi connectivity index (χ1) is 9.27. The Morgan fingerprint density at radius 3 is 2.55 bits per heavy atom. The van der Waals surface area contributed by atoms with Crippen LogP contribution in [-0.4, -0.2) is 28.3 Å². The molecule has 6 heteroatoms. The van der Waals surface area contributed by atoms with E-state index in [-0.39, 0.29) is 12.5 Å². The molecule has 1 aromatic rings. The molecule has 1 atom stereocenters. The van der Waals surface area contributed by atoms with E-state index in [1.807, 2.05) is 26.8 Å². The molecule has 1 unspecified atom stereocenters. The number of amides is 1. The quantitative estimate of drug-likeness (QED) is 0.651. The molecule has 6 nitrogen and oxygen atoms in total. The predicted octanol–water partition coefficient (Wildman–Crippen LogP) is 1.26. The minimum Gasteiger partial charge on any atom is -0.465 e. The molecule has 20 heavy (non-hydrogen) atoms. The van der Waals surface area contributed by atoms with E-state index >= 15 is 0 Å². The zero-order valence-corrected chi connectivity index (χ0v) is 12.8. The van der Waals surface area contributed by atoms with Crippen molar-refractivity contribution in [1.29, 1.82) is 0 Å². The second kappa shape index (κ2) is 6.54. The number of aryl methyl sites for hydroxylation is 1. The molecule has 112 valence electrons. The van der Waals surface area contributed by atoms with Crippen LogP contribution in [0.25, 0.3) is 0 Å². The molecule has 1 aromatic heterocycles. The summed E-state index contributed by atoms with van der Waals surface area (Å²) in [6.45, 7) is 7.86. The molecule has 0 fully saturated rings. The van der Waals surface area contributed by atoms with Gasteiger partial charge in [0.15, 0.2) is 0 Å². The third-order valence-electron chi connectivity index (χ3n) is 3.02. The van der Waals surface area contributed by atoms with Crippen LogP contribution in [0.1, 0.15) is 33.4 Å². The second-order valence-corrected chi connectivity index (χ2v) is 5.72. The number of nitrogens with zero attached hydrogens (tertiary/aromatic N) is 2. The lowest BCUT2D eigenvalue weighted by Gasteiger charge is -2.27. The van der Waals surface area contributed by atoms with Gasteiger partial charge in [-0.2, -0.15) is 5.10 Å². The molecule has 1 heterocycles. The Morgan fingerprint density at radius 1 is 1.45 bits per heavy atom. The van der Waals surface area contributed by atoms with Crippen molar-refractivity contribution in [3.8, 4) is 0 Å². The second-order valence-electron chi connectivity index (χ2n) is 5.72. The maximum Gasteiger partial charge on any atom is 0.319 e. The van der Waals surface area contributed by atoms with Gasteiger partial charge in [-0.1, -0.05) is 20.8 Å². The first kappa shape index (κ1) is 16.2. The van der Waals surface area contributed by atoms with Crippen molar-refractivity contribution in [2.45, 2.75) is 34.2 Å². The summed E-state index contributed by atoms with van der Waals surface area (Å²) in [5, 5.41) is 6.80. The number of carbonyl (C=O) groups excluding carboxylic acids is 2. The van der Waals surface area contributed by atoms with E-state index in [2.05, 4.69) is 10.4 Å². The standard InChI is InChI=1S/C14H23N3O3/c1-6-20-13(19)11(14(2,3)4)12(18)15-9-10-7-8-16-17(10)5/h7-8,11H,6,9H2,1-5H3,(H,15,18).